The molecule has 0 aliphatic carbocycles. The van der Waals surface area contributed by atoms with Crippen molar-refractivity contribution in [2.75, 3.05) is 19.8 Å². The van der Waals surface area contributed by atoms with E-state index in [1.165, 1.54) is 0 Å². The number of hydrogen-bond acceptors (Lipinski definition) is 3. The van der Waals surface area contributed by atoms with Crippen LogP contribution < -0.4 is 5.32 Å². The van der Waals surface area contributed by atoms with Gasteiger partial charge in [-0.1, -0.05) is 24.9 Å². The second kappa shape index (κ2) is 8.40. The summed E-state index contributed by atoms with van der Waals surface area (Å²) < 4.78 is 5.35. The molecule has 0 radical (unpaired) electrons. The largest absolute Gasteiger partial charge is 0.380 e. The molecule has 1 aromatic rings. The number of amides is 1. The molecule has 3 nitrogen and oxygen atoms in total. The van der Waals surface area contributed by atoms with Crippen molar-refractivity contribution in [2.45, 2.75) is 24.7 Å². The van der Waals surface area contributed by atoms with E-state index in [9.17, 15) is 4.79 Å². The van der Waals surface area contributed by atoms with Gasteiger partial charge >= 0.3 is 0 Å². The second-order valence-electron chi connectivity index (χ2n) is 3.89. The standard InChI is InChI=1S/C13H18ClNO2S/c1-2-3-7-17-8-6-15-13(16)11-9-10(18)4-5-12(11)14/h4-5,9,18H,2-3,6-8H2,1H3,(H,15,16). The summed E-state index contributed by atoms with van der Waals surface area (Å²) in [5, 5.41) is 3.19. The Labute approximate surface area is 118 Å². The van der Waals surface area contributed by atoms with Gasteiger partial charge in [-0.15, -0.1) is 12.6 Å². The Kier molecular flexibility index (Phi) is 7.16. The Hall–Kier alpha value is -0.710. The summed E-state index contributed by atoms with van der Waals surface area (Å²) in [6.45, 7) is 3.84. The molecule has 0 saturated heterocycles. The fourth-order valence-corrected chi connectivity index (χ4v) is 1.77. The van der Waals surface area contributed by atoms with Crippen LogP contribution in [0, 0.1) is 0 Å². The van der Waals surface area contributed by atoms with Crippen LogP contribution in [0.4, 0.5) is 0 Å². The van der Waals surface area contributed by atoms with E-state index in [-0.39, 0.29) is 5.91 Å². The molecular formula is C13H18ClNO2S. The summed E-state index contributed by atoms with van der Waals surface area (Å²) in [7, 11) is 0. The van der Waals surface area contributed by atoms with Gasteiger partial charge in [-0.25, -0.2) is 0 Å². The second-order valence-corrected chi connectivity index (χ2v) is 4.81. The molecule has 0 bridgehead atoms. The van der Waals surface area contributed by atoms with Gasteiger partial charge in [-0.2, -0.15) is 0 Å². The Bertz CT molecular complexity index is 399. The van der Waals surface area contributed by atoms with Gasteiger partial charge in [0.05, 0.1) is 17.2 Å². The number of unbranched alkanes of at least 4 members (excludes halogenated alkanes) is 1. The molecule has 0 aliphatic rings. The van der Waals surface area contributed by atoms with Crippen molar-refractivity contribution in [1.82, 2.24) is 5.32 Å². The van der Waals surface area contributed by atoms with E-state index in [2.05, 4.69) is 24.9 Å². The summed E-state index contributed by atoms with van der Waals surface area (Å²) in [5.41, 5.74) is 0.442. The van der Waals surface area contributed by atoms with Gasteiger partial charge < -0.3 is 10.1 Å². The zero-order valence-corrected chi connectivity index (χ0v) is 12.1. The molecule has 0 aromatic heterocycles. The van der Waals surface area contributed by atoms with E-state index in [1.54, 1.807) is 18.2 Å². The van der Waals surface area contributed by atoms with Crippen molar-refractivity contribution in [3.05, 3.63) is 28.8 Å². The van der Waals surface area contributed by atoms with Crippen LogP contribution in [0.1, 0.15) is 30.1 Å². The third kappa shape index (κ3) is 5.29. The highest BCUT2D eigenvalue weighted by Gasteiger charge is 2.09. The number of ether oxygens (including phenoxy) is 1. The molecule has 1 aromatic carbocycles. The lowest BCUT2D eigenvalue weighted by molar-refractivity contribution is 0.0912. The molecule has 0 saturated carbocycles. The van der Waals surface area contributed by atoms with Crippen LogP contribution in [-0.4, -0.2) is 25.7 Å². The topological polar surface area (TPSA) is 38.3 Å². The highest BCUT2D eigenvalue weighted by Crippen LogP contribution is 2.19. The van der Waals surface area contributed by atoms with Crippen molar-refractivity contribution in [3.8, 4) is 0 Å². The fraction of sp³-hybridized carbons (Fsp3) is 0.462. The first-order valence-corrected chi connectivity index (χ1v) is 6.82. The number of carbonyl (C=O) groups excluding carboxylic acids is 1. The molecular weight excluding hydrogens is 270 g/mol. The summed E-state index contributed by atoms with van der Waals surface area (Å²) in [5.74, 6) is -0.199. The molecule has 0 heterocycles. The number of thiol groups is 1. The average molecular weight is 288 g/mol. The maximum atomic E-state index is 11.8. The predicted octanol–water partition coefficient (Wildman–Crippen LogP) is 3.18. The summed E-state index contributed by atoms with van der Waals surface area (Å²) in [6, 6.07) is 5.06. The summed E-state index contributed by atoms with van der Waals surface area (Å²) in [4.78, 5) is 12.5. The first-order chi connectivity index (χ1) is 8.65. The van der Waals surface area contributed by atoms with Crippen LogP contribution in [0.15, 0.2) is 23.1 Å². The third-order valence-corrected chi connectivity index (χ3v) is 2.98. The first-order valence-electron chi connectivity index (χ1n) is 5.99. The van der Waals surface area contributed by atoms with Crippen LogP contribution in [0.3, 0.4) is 0 Å². The molecule has 5 heteroatoms. The summed E-state index contributed by atoms with van der Waals surface area (Å²) in [6.07, 6.45) is 2.15. The summed E-state index contributed by atoms with van der Waals surface area (Å²) >= 11 is 10.1. The monoisotopic (exact) mass is 287 g/mol. The SMILES string of the molecule is CCCCOCCNC(=O)c1cc(S)ccc1Cl. The Morgan fingerprint density at radius 3 is 2.94 bits per heavy atom. The quantitative estimate of drug-likeness (QED) is 0.597. The van der Waals surface area contributed by atoms with Crippen LogP contribution in [-0.2, 0) is 4.74 Å². The molecule has 0 unspecified atom stereocenters. The minimum absolute atomic E-state index is 0.199. The number of benzene rings is 1. The van der Waals surface area contributed by atoms with Gasteiger partial charge in [0.25, 0.3) is 5.91 Å². The van der Waals surface area contributed by atoms with E-state index in [0.29, 0.717) is 28.6 Å². The fourth-order valence-electron chi connectivity index (χ4n) is 1.37. The normalized spacial score (nSPS) is 10.4. The Balaban J connectivity index is 2.34. The van der Waals surface area contributed by atoms with Crippen molar-refractivity contribution in [2.24, 2.45) is 0 Å². The lowest BCUT2D eigenvalue weighted by Crippen LogP contribution is -2.27. The highest BCUT2D eigenvalue weighted by molar-refractivity contribution is 7.80. The van der Waals surface area contributed by atoms with Crippen LogP contribution in [0.2, 0.25) is 5.02 Å². The van der Waals surface area contributed by atoms with Crippen LogP contribution in [0.5, 0.6) is 0 Å². The van der Waals surface area contributed by atoms with E-state index >= 15 is 0 Å². The van der Waals surface area contributed by atoms with Gasteiger partial charge in [0.15, 0.2) is 0 Å². The Morgan fingerprint density at radius 1 is 1.44 bits per heavy atom. The number of halogens is 1. The van der Waals surface area contributed by atoms with Crippen molar-refractivity contribution >= 4 is 30.1 Å². The van der Waals surface area contributed by atoms with E-state index in [4.69, 9.17) is 16.3 Å². The number of rotatable bonds is 7. The number of hydrogen-bond donors (Lipinski definition) is 2. The van der Waals surface area contributed by atoms with Gasteiger partial charge in [0, 0.05) is 18.0 Å². The van der Waals surface area contributed by atoms with E-state index < -0.39 is 0 Å². The maximum Gasteiger partial charge on any atom is 0.252 e. The van der Waals surface area contributed by atoms with Crippen molar-refractivity contribution < 1.29 is 9.53 Å². The maximum absolute atomic E-state index is 11.8. The molecule has 18 heavy (non-hydrogen) atoms. The molecule has 0 spiro atoms. The Morgan fingerprint density at radius 2 is 2.22 bits per heavy atom. The minimum Gasteiger partial charge on any atom is -0.380 e. The number of nitrogens with one attached hydrogen (secondary N) is 1. The lowest BCUT2D eigenvalue weighted by Gasteiger charge is -2.08. The molecule has 1 amide bonds. The molecule has 1 rings (SSSR count). The zero-order valence-electron chi connectivity index (χ0n) is 10.4. The lowest BCUT2D eigenvalue weighted by atomic mass is 10.2. The van der Waals surface area contributed by atoms with Gasteiger partial charge in [-0.3, -0.25) is 4.79 Å². The van der Waals surface area contributed by atoms with Crippen LogP contribution in [0.25, 0.3) is 0 Å². The van der Waals surface area contributed by atoms with E-state index in [1.807, 2.05) is 0 Å². The molecule has 0 atom stereocenters. The van der Waals surface area contributed by atoms with Gasteiger partial charge in [-0.05, 0) is 24.6 Å². The third-order valence-electron chi connectivity index (χ3n) is 2.37. The van der Waals surface area contributed by atoms with Crippen LogP contribution >= 0.6 is 24.2 Å². The average Bonchev–Trinajstić information content (AvgIpc) is 2.36. The van der Waals surface area contributed by atoms with Gasteiger partial charge in [0.2, 0.25) is 0 Å². The zero-order chi connectivity index (χ0) is 13.4. The van der Waals surface area contributed by atoms with E-state index in [0.717, 1.165) is 19.4 Å². The molecule has 1 N–H and O–H groups in total. The van der Waals surface area contributed by atoms with Gasteiger partial charge in [0.1, 0.15) is 0 Å². The smallest absolute Gasteiger partial charge is 0.252 e. The predicted molar refractivity (Wildman–Crippen MR) is 76.8 cm³/mol. The number of carbonyl (C=O) groups is 1. The molecule has 100 valence electrons. The highest BCUT2D eigenvalue weighted by atomic mass is 35.5. The van der Waals surface area contributed by atoms with Crippen molar-refractivity contribution in [3.63, 3.8) is 0 Å². The molecule has 0 fully saturated rings. The minimum atomic E-state index is -0.199. The van der Waals surface area contributed by atoms with Crippen molar-refractivity contribution in [1.29, 1.82) is 0 Å². The molecule has 0 aliphatic heterocycles. The first kappa shape index (κ1) is 15.3.